The number of thioether (sulfide) groups is 1. The van der Waals surface area contributed by atoms with Gasteiger partial charge in [0, 0.05) is 29.5 Å². The lowest BCUT2D eigenvalue weighted by atomic mass is 10.0. The topological polar surface area (TPSA) is 92.7 Å². The fourth-order valence-corrected chi connectivity index (χ4v) is 5.09. The van der Waals surface area contributed by atoms with E-state index in [4.69, 9.17) is 11.6 Å². The van der Waals surface area contributed by atoms with Gasteiger partial charge in [0.25, 0.3) is 0 Å². The SMILES string of the molecule is CC/C=C(/Sc1ccccc1C)C1CCCN1C(=O)C(C(C)C)N(N)/C=C(\N)C(C)=O. The van der Waals surface area contributed by atoms with Gasteiger partial charge >= 0.3 is 0 Å². The minimum absolute atomic E-state index is 0.0278. The smallest absolute Gasteiger partial charge is 0.247 e. The number of hydrazine groups is 1. The van der Waals surface area contributed by atoms with E-state index in [1.54, 1.807) is 11.8 Å². The van der Waals surface area contributed by atoms with E-state index in [0.717, 1.165) is 19.3 Å². The summed E-state index contributed by atoms with van der Waals surface area (Å²) in [5.41, 5.74) is 7.04. The van der Waals surface area contributed by atoms with Gasteiger partial charge in [0.15, 0.2) is 5.78 Å². The summed E-state index contributed by atoms with van der Waals surface area (Å²) in [5, 5.41) is 1.30. The average Bonchev–Trinajstić information content (AvgIpc) is 3.18. The molecule has 1 aliphatic rings. The molecule has 1 saturated heterocycles. The lowest BCUT2D eigenvalue weighted by molar-refractivity contribution is -0.138. The summed E-state index contributed by atoms with van der Waals surface area (Å²) < 4.78 is 0. The molecule has 6 nitrogen and oxygen atoms in total. The summed E-state index contributed by atoms with van der Waals surface area (Å²) in [7, 11) is 0. The van der Waals surface area contributed by atoms with Gasteiger partial charge in [-0.2, -0.15) is 0 Å². The molecule has 31 heavy (non-hydrogen) atoms. The first-order valence-electron chi connectivity index (χ1n) is 10.9. The van der Waals surface area contributed by atoms with Crippen LogP contribution in [0.1, 0.15) is 52.5 Å². The monoisotopic (exact) mass is 444 g/mol. The minimum atomic E-state index is -0.593. The highest BCUT2D eigenvalue weighted by Crippen LogP contribution is 2.38. The first kappa shape index (κ1) is 25.0. The van der Waals surface area contributed by atoms with E-state index in [1.165, 1.54) is 33.5 Å². The molecular weight excluding hydrogens is 408 g/mol. The van der Waals surface area contributed by atoms with Crippen LogP contribution in [-0.4, -0.2) is 40.2 Å². The van der Waals surface area contributed by atoms with Gasteiger partial charge in [-0.05, 0) is 43.7 Å². The Bertz CT molecular complexity index is 850. The zero-order chi connectivity index (χ0) is 23.1. The van der Waals surface area contributed by atoms with Gasteiger partial charge < -0.3 is 15.6 Å². The molecule has 2 atom stereocenters. The predicted molar refractivity (Wildman–Crippen MR) is 128 cm³/mol. The fourth-order valence-electron chi connectivity index (χ4n) is 3.83. The quantitative estimate of drug-likeness (QED) is 0.259. The number of carbonyl (C=O) groups excluding carboxylic acids is 2. The highest BCUT2D eigenvalue weighted by Gasteiger charge is 2.38. The molecule has 1 fully saturated rings. The van der Waals surface area contributed by atoms with Crippen LogP contribution in [-0.2, 0) is 9.59 Å². The number of carbonyl (C=O) groups is 2. The minimum Gasteiger partial charge on any atom is -0.395 e. The van der Waals surface area contributed by atoms with Gasteiger partial charge in [-0.1, -0.05) is 56.8 Å². The summed E-state index contributed by atoms with van der Waals surface area (Å²) in [6.07, 6.45) is 6.39. The number of nitrogens with zero attached hydrogens (tertiary/aromatic N) is 2. The van der Waals surface area contributed by atoms with Crippen LogP contribution in [0, 0.1) is 12.8 Å². The Hall–Kier alpha value is -2.25. The number of hydrogen-bond acceptors (Lipinski definition) is 6. The molecule has 0 aliphatic carbocycles. The Morgan fingerprint density at radius 1 is 1.32 bits per heavy atom. The molecule has 170 valence electrons. The number of nitrogens with two attached hydrogens (primary N) is 2. The first-order chi connectivity index (χ1) is 14.7. The van der Waals surface area contributed by atoms with Crippen LogP contribution in [0.5, 0.6) is 0 Å². The molecule has 0 saturated carbocycles. The van der Waals surface area contributed by atoms with Gasteiger partial charge in [-0.25, -0.2) is 5.84 Å². The van der Waals surface area contributed by atoms with Gasteiger partial charge in [0.2, 0.25) is 5.91 Å². The molecule has 2 unspecified atom stereocenters. The summed E-state index contributed by atoms with van der Waals surface area (Å²) >= 11 is 1.75. The molecular formula is C24H36N4O2S. The van der Waals surface area contributed by atoms with Crippen LogP contribution in [0.15, 0.2) is 52.0 Å². The lowest BCUT2D eigenvalue weighted by Crippen LogP contribution is -2.53. The van der Waals surface area contributed by atoms with Crippen molar-refractivity contribution in [2.75, 3.05) is 6.54 Å². The van der Waals surface area contributed by atoms with E-state index in [0.29, 0.717) is 6.54 Å². The zero-order valence-corrected chi connectivity index (χ0v) is 20.1. The van der Waals surface area contributed by atoms with E-state index in [-0.39, 0.29) is 29.3 Å². The third kappa shape index (κ3) is 6.37. The Kier molecular flexibility index (Phi) is 9.19. The predicted octanol–water partition coefficient (Wildman–Crippen LogP) is 3.96. The van der Waals surface area contributed by atoms with E-state index < -0.39 is 6.04 Å². The van der Waals surface area contributed by atoms with Crippen molar-refractivity contribution in [3.63, 3.8) is 0 Å². The van der Waals surface area contributed by atoms with Crippen LogP contribution in [0.4, 0.5) is 0 Å². The second-order valence-corrected chi connectivity index (χ2v) is 9.46. The highest BCUT2D eigenvalue weighted by atomic mass is 32.2. The maximum atomic E-state index is 13.6. The fraction of sp³-hybridized carbons (Fsp3) is 0.500. The Balaban J connectivity index is 2.31. The number of Topliss-reactive ketones (excluding diaryl/α,β-unsaturated/α-hetero) is 1. The maximum absolute atomic E-state index is 13.6. The number of benzene rings is 1. The molecule has 2 rings (SSSR count). The highest BCUT2D eigenvalue weighted by molar-refractivity contribution is 8.03. The molecule has 4 N–H and O–H groups in total. The van der Waals surface area contributed by atoms with E-state index in [1.807, 2.05) is 30.9 Å². The van der Waals surface area contributed by atoms with Crippen molar-refractivity contribution in [2.24, 2.45) is 17.5 Å². The Labute approximate surface area is 190 Å². The number of allylic oxidation sites excluding steroid dienone is 2. The molecule has 0 spiro atoms. The summed E-state index contributed by atoms with van der Waals surface area (Å²) in [6, 6.07) is 7.75. The molecule has 1 aromatic rings. The van der Waals surface area contributed by atoms with Gasteiger partial charge in [-0.3, -0.25) is 9.59 Å². The van der Waals surface area contributed by atoms with Crippen molar-refractivity contribution >= 4 is 23.5 Å². The number of likely N-dealkylation sites (tertiary alicyclic amines) is 1. The van der Waals surface area contributed by atoms with E-state index in [9.17, 15) is 9.59 Å². The average molecular weight is 445 g/mol. The molecule has 1 aliphatic heterocycles. The van der Waals surface area contributed by atoms with Crippen molar-refractivity contribution in [1.29, 1.82) is 0 Å². The summed E-state index contributed by atoms with van der Waals surface area (Å²) in [6.45, 7) is 10.2. The standard InChI is InChI=1S/C24H36N4O2S/c1-6-10-22(31-21-13-8-7-11-17(21)4)20-12-9-14-27(20)24(30)23(16(2)3)28(26)15-19(25)18(5)29/h7-8,10-11,13,15-16,20,23H,6,9,12,14,25-26H2,1-5H3/b19-15-,22-10+. The molecule has 0 radical (unpaired) electrons. The van der Waals surface area contributed by atoms with Gasteiger partial charge in [0.05, 0.1) is 11.7 Å². The first-order valence-corrected chi connectivity index (χ1v) is 11.7. The second kappa shape index (κ2) is 11.4. The number of aryl methyl sites for hydroxylation is 1. The van der Waals surface area contributed by atoms with E-state index >= 15 is 0 Å². The van der Waals surface area contributed by atoms with Crippen LogP contribution in [0.25, 0.3) is 0 Å². The number of ketones is 1. The van der Waals surface area contributed by atoms with Crippen molar-refractivity contribution in [3.05, 3.63) is 52.7 Å². The third-order valence-electron chi connectivity index (χ3n) is 5.49. The maximum Gasteiger partial charge on any atom is 0.247 e. The molecule has 1 aromatic carbocycles. The number of rotatable bonds is 9. The van der Waals surface area contributed by atoms with Crippen LogP contribution >= 0.6 is 11.8 Å². The zero-order valence-electron chi connectivity index (χ0n) is 19.3. The summed E-state index contributed by atoms with van der Waals surface area (Å²) in [5.74, 6) is 5.86. The number of amides is 1. The van der Waals surface area contributed by atoms with Crippen LogP contribution < -0.4 is 11.6 Å². The second-order valence-electron chi connectivity index (χ2n) is 8.35. The lowest BCUT2D eigenvalue weighted by Gasteiger charge is -2.35. The largest absolute Gasteiger partial charge is 0.395 e. The molecule has 1 heterocycles. The van der Waals surface area contributed by atoms with Crippen molar-refractivity contribution < 1.29 is 9.59 Å². The van der Waals surface area contributed by atoms with E-state index in [2.05, 4.69) is 32.1 Å². The van der Waals surface area contributed by atoms with Crippen LogP contribution in [0.3, 0.4) is 0 Å². The summed E-state index contributed by atoms with van der Waals surface area (Å²) in [4.78, 5) is 29.5. The molecule has 7 heteroatoms. The molecule has 0 aromatic heterocycles. The molecule has 0 bridgehead atoms. The molecule has 1 amide bonds. The Morgan fingerprint density at radius 3 is 2.58 bits per heavy atom. The van der Waals surface area contributed by atoms with Crippen molar-refractivity contribution in [3.8, 4) is 0 Å². The number of hydrogen-bond donors (Lipinski definition) is 2. The van der Waals surface area contributed by atoms with Gasteiger partial charge in [0.1, 0.15) is 6.04 Å². The van der Waals surface area contributed by atoms with Gasteiger partial charge in [-0.15, -0.1) is 0 Å². The van der Waals surface area contributed by atoms with Crippen molar-refractivity contribution in [2.45, 2.75) is 70.9 Å². The van der Waals surface area contributed by atoms with Crippen molar-refractivity contribution in [1.82, 2.24) is 9.91 Å². The third-order valence-corrected chi connectivity index (χ3v) is 6.84. The Morgan fingerprint density at radius 2 is 2.00 bits per heavy atom. The van der Waals surface area contributed by atoms with Crippen LogP contribution in [0.2, 0.25) is 0 Å². The normalized spacial score (nSPS) is 18.4.